The van der Waals surface area contributed by atoms with Crippen LogP contribution in [0, 0.1) is 12.7 Å². The zero-order valence-corrected chi connectivity index (χ0v) is 13.2. The topological polar surface area (TPSA) is 12.0 Å². The molecular formula is C14H11BrCl2FN. The van der Waals surface area contributed by atoms with E-state index in [2.05, 4.69) is 21.2 Å². The summed E-state index contributed by atoms with van der Waals surface area (Å²) >= 11 is 15.3. The zero-order chi connectivity index (χ0) is 14.0. The van der Waals surface area contributed by atoms with Gasteiger partial charge in [0.25, 0.3) is 0 Å². The van der Waals surface area contributed by atoms with Crippen LogP contribution < -0.4 is 5.32 Å². The molecule has 0 amide bonds. The molecule has 19 heavy (non-hydrogen) atoms. The van der Waals surface area contributed by atoms with Crippen LogP contribution in [0.4, 0.5) is 10.1 Å². The number of benzene rings is 2. The van der Waals surface area contributed by atoms with E-state index in [1.54, 1.807) is 6.07 Å². The summed E-state index contributed by atoms with van der Waals surface area (Å²) in [4.78, 5) is 0. The summed E-state index contributed by atoms with van der Waals surface area (Å²) in [5.41, 5.74) is 2.62. The third-order valence-electron chi connectivity index (χ3n) is 2.65. The van der Waals surface area contributed by atoms with Crippen LogP contribution in [0.3, 0.4) is 0 Å². The van der Waals surface area contributed by atoms with E-state index in [1.165, 1.54) is 12.1 Å². The molecule has 0 fully saturated rings. The summed E-state index contributed by atoms with van der Waals surface area (Å²) in [7, 11) is 0. The minimum absolute atomic E-state index is 0.342. The third-order valence-corrected chi connectivity index (χ3v) is 3.94. The van der Waals surface area contributed by atoms with Crippen LogP contribution in [0.25, 0.3) is 0 Å². The molecule has 0 aliphatic carbocycles. The lowest BCUT2D eigenvalue weighted by molar-refractivity contribution is 0.626. The monoisotopic (exact) mass is 361 g/mol. The molecule has 0 spiro atoms. The van der Waals surface area contributed by atoms with Crippen molar-refractivity contribution in [3.63, 3.8) is 0 Å². The summed E-state index contributed by atoms with van der Waals surface area (Å²) < 4.78 is 14.1. The maximum atomic E-state index is 13.2. The number of rotatable bonds is 3. The van der Waals surface area contributed by atoms with Crippen LogP contribution in [0.5, 0.6) is 0 Å². The van der Waals surface area contributed by atoms with E-state index in [-0.39, 0.29) is 5.82 Å². The zero-order valence-electron chi connectivity index (χ0n) is 10.1. The molecule has 0 bridgehead atoms. The highest BCUT2D eigenvalue weighted by molar-refractivity contribution is 9.10. The average Bonchev–Trinajstić information content (AvgIpc) is 2.31. The van der Waals surface area contributed by atoms with Gasteiger partial charge in [-0.1, -0.05) is 23.2 Å². The molecule has 1 nitrogen and oxygen atoms in total. The molecule has 1 N–H and O–H groups in total. The van der Waals surface area contributed by atoms with Gasteiger partial charge in [0.15, 0.2) is 0 Å². The molecule has 0 aromatic heterocycles. The molecule has 0 atom stereocenters. The third kappa shape index (κ3) is 3.85. The molecule has 2 aromatic rings. The Morgan fingerprint density at radius 3 is 2.58 bits per heavy atom. The van der Waals surface area contributed by atoms with Gasteiger partial charge >= 0.3 is 0 Å². The van der Waals surface area contributed by atoms with Crippen LogP contribution in [0.15, 0.2) is 34.8 Å². The highest BCUT2D eigenvalue weighted by Gasteiger charge is 2.05. The Balaban J connectivity index is 2.16. The van der Waals surface area contributed by atoms with Crippen LogP contribution in [0.2, 0.25) is 10.0 Å². The van der Waals surface area contributed by atoms with Gasteiger partial charge in [-0.15, -0.1) is 0 Å². The Morgan fingerprint density at radius 2 is 1.89 bits per heavy atom. The second-order valence-corrected chi connectivity index (χ2v) is 5.91. The van der Waals surface area contributed by atoms with Gasteiger partial charge in [-0.3, -0.25) is 0 Å². The smallest absolute Gasteiger partial charge is 0.125 e. The normalized spacial score (nSPS) is 10.6. The molecule has 0 radical (unpaired) electrons. The lowest BCUT2D eigenvalue weighted by Crippen LogP contribution is -2.01. The van der Waals surface area contributed by atoms with Gasteiger partial charge in [0.1, 0.15) is 5.82 Å². The van der Waals surface area contributed by atoms with E-state index >= 15 is 0 Å². The number of hydrogen-bond acceptors (Lipinski definition) is 1. The van der Waals surface area contributed by atoms with Crippen LogP contribution >= 0.6 is 39.1 Å². The minimum atomic E-state index is -0.342. The van der Waals surface area contributed by atoms with Crippen molar-refractivity contribution < 1.29 is 4.39 Å². The van der Waals surface area contributed by atoms with Crippen molar-refractivity contribution in [3.05, 3.63) is 61.8 Å². The molecule has 0 saturated carbocycles. The molecule has 2 rings (SSSR count). The Hall–Kier alpha value is -0.770. The maximum absolute atomic E-state index is 13.2. The lowest BCUT2D eigenvalue weighted by Gasteiger charge is -2.11. The Kier molecular flexibility index (Phi) is 4.71. The van der Waals surface area contributed by atoms with Gasteiger partial charge in [-0.25, -0.2) is 4.39 Å². The highest BCUT2D eigenvalue weighted by Crippen LogP contribution is 2.29. The fourth-order valence-corrected chi connectivity index (χ4v) is 2.70. The van der Waals surface area contributed by atoms with E-state index in [9.17, 15) is 4.39 Å². The highest BCUT2D eigenvalue weighted by atomic mass is 79.9. The molecule has 0 aliphatic rings. The number of aryl methyl sites for hydroxylation is 1. The molecule has 0 saturated heterocycles. The van der Waals surface area contributed by atoms with E-state index in [0.717, 1.165) is 21.3 Å². The summed E-state index contributed by atoms with van der Waals surface area (Å²) in [5, 5.41) is 4.27. The predicted molar refractivity (Wildman–Crippen MR) is 82.6 cm³/mol. The van der Waals surface area contributed by atoms with Crippen molar-refractivity contribution in [2.75, 3.05) is 5.32 Å². The van der Waals surface area contributed by atoms with E-state index < -0.39 is 0 Å². The van der Waals surface area contributed by atoms with Crippen LogP contribution in [-0.4, -0.2) is 0 Å². The summed E-state index contributed by atoms with van der Waals surface area (Å²) in [6.07, 6.45) is 0. The first-order valence-electron chi connectivity index (χ1n) is 5.60. The number of halogens is 4. The lowest BCUT2D eigenvalue weighted by atomic mass is 10.2. The standard InChI is InChI=1S/C14H11BrCl2FN/c1-8-2-12(15)14(6-13(8)17)19-7-9-3-10(16)5-11(18)4-9/h2-6,19H,7H2,1H3. The van der Waals surface area contributed by atoms with E-state index in [4.69, 9.17) is 23.2 Å². The molecule has 0 unspecified atom stereocenters. The first kappa shape index (κ1) is 14.6. The first-order valence-corrected chi connectivity index (χ1v) is 7.15. The van der Waals surface area contributed by atoms with E-state index in [1.807, 2.05) is 19.1 Å². The van der Waals surface area contributed by atoms with Gasteiger partial charge in [0, 0.05) is 21.1 Å². The first-order chi connectivity index (χ1) is 8.95. The van der Waals surface area contributed by atoms with Crippen molar-refractivity contribution >= 4 is 44.8 Å². The van der Waals surface area contributed by atoms with Crippen molar-refractivity contribution in [2.45, 2.75) is 13.5 Å². The van der Waals surface area contributed by atoms with Gasteiger partial charge in [-0.2, -0.15) is 0 Å². The van der Waals surface area contributed by atoms with Gasteiger partial charge in [0.05, 0.1) is 5.69 Å². The average molecular weight is 363 g/mol. The summed E-state index contributed by atoms with van der Waals surface area (Å²) in [5.74, 6) is -0.342. The maximum Gasteiger partial charge on any atom is 0.125 e. The quantitative estimate of drug-likeness (QED) is 0.725. The van der Waals surface area contributed by atoms with Crippen molar-refractivity contribution in [1.82, 2.24) is 0 Å². The second-order valence-electron chi connectivity index (χ2n) is 4.21. The fraction of sp³-hybridized carbons (Fsp3) is 0.143. The molecule has 5 heteroatoms. The molecule has 0 aliphatic heterocycles. The van der Waals surface area contributed by atoms with Crippen molar-refractivity contribution in [1.29, 1.82) is 0 Å². The summed E-state index contributed by atoms with van der Waals surface area (Å²) in [6.45, 7) is 2.40. The molecular weight excluding hydrogens is 352 g/mol. The van der Waals surface area contributed by atoms with Crippen molar-refractivity contribution in [2.24, 2.45) is 0 Å². The Labute approximate surface area is 129 Å². The number of hydrogen-bond donors (Lipinski definition) is 1. The van der Waals surface area contributed by atoms with Gasteiger partial charge in [-0.05, 0) is 64.3 Å². The predicted octanol–water partition coefficient (Wildman–Crippen LogP) is 5.82. The van der Waals surface area contributed by atoms with E-state index in [0.29, 0.717) is 16.6 Å². The summed E-state index contributed by atoms with van der Waals surface area (Å²) in [6, 6.07) is 8.22. The Bertz CT molecular complexity index is 596. The van der Waals surface area contributed by atoms with Crippen LogP contribution in [0.1, 0.15) is 11.1 Å². The fourth-order valence-electron chi connectivity index (χ4n) is 1.69. The molecule has 0 heterocycles. The Morgan fingerprint density at radius 1 is 1.16 bits per heavy atom. The van der Waals surface area contributed by atoms with Crippen LogP contribution in [-0.2, 0) is 6.54 Å². The van der Waals surface area contributed by atoms with Gasteiger partial charge < -0.3 is 5.32 Å². The van der Waals surface area contributed by atoms with Gasteiger partial charge in [0.2, 0.25) is 0 Å². The SMILES string of the molecule is Cc1cc(Br)c(NCc2cc(F)cc(Cl)c2)cc1Cl. The number of anilines is 1. The molecule has 100 valence electrons. The minimum Gasteiger partial charge on any atom is -0.380 e. The number of nitrogens with one attached hydrogen (secondary N) is 1. The second kappa shape index (κ2) is 6.12. The van der Waals surface area contributed by atoms with Crippen molar-refractivity contribution in [3.8, 4) is 0 Å². The molecule has 2 aromatic carbocycles. The largest absolute Gasteiger partial charge is 0.380 e.